The standard InChI is InChI=1S/C16H27NO/c1-5-14(6-2)12-17(4)13(3)16(18)15-10-8-7-9-11-15/h7-11,13-14,16,18H,5-6,12H2,1-4H3/t13-,16+/m0/s1. The second-order valence-electron chi connectivity index (χ2n) is 5.22. The zero-order chi connectivity index (χ0) is 13.5. The van der Waals surface area contributed by atoms with Gasteiger partial charge in [-0.25, -0.2) is 0 Å². The lowest BCUT2D eigenvalue weighted by Gasteiger charge is -2.31. The zero-order valence-electron chi connectivity index (χ0n) is 12.1. The summed E-state index contributed by atoms with van der Waals surface area (Å²) in [5.74, 6) is 0.723. The normalized spacial score (nSPS) is 15.1. The molecule has 102 valence electrons. The molecule has 0 radical (unpaired) electrons. The Kier molecular flexibility index (Phi) is 6.37. The van der Waals surface area contributed by atoms with E-state index in [9.17, 15) is 5.11 Å². The lowest BCUT2D eigenvalue weighted by molar-refractivity contribution is 0.0634. The van der Waals surface area contributed by atoms with Gasteiger partial charge in [0.1, 0.15) is 0 Å². The van der Waals surface area contributed by atoms with E-state index in [1.165, 1.54) is 12.8 Å². The highest BCUT2D eigenvalue weighted by Gasteiger charge is 2.21. The molecule has 0 bridgehead atoms. The Balaban J connectivity index is 2.60. The van der Waals surface area contributed by atoms with E-state index >= 15 is 0 Å². The zero-order valence-corrected chi connectivity index (χ0v) is 12.1. The molecule has 0 aliphatic carbocycles. The van der Waals surface area contributed by atoms with Crippen molar-refractivity contribution in [1.29, 1.82) is 0 Å². The largest absolute Gasteiger partial charge is 0.387 e. The lowest BCUT2D eigenvalue weighted by atomic mass is 9.99. The van der Waals surface area contributed by atoms with Gasteiger partial charge in [0.25, 0.3) is 0 Å². The maximum Gasteiger partial charge on any atom is 0.0942 e. The van der Waals surface area contributed by atoms with Crippen molar-refractivity contribution >= 4 is 0 Å². The number of aliphatic hydroxyl groups excluding tert-OH is 1. The van der Waals surface area contributed by atoms with Gasteiger partial charge in [-0.15, -0.1) is 0 Å². The fourth-order valence-electron chi connectivity index (χ4n) is 2.29. The summed E-state index contributed by atoms with van der Waals surface area (Å²) in [4.78, 5) is 2.27. The van der Waals surface area contributed by atoms with Crippen LogP contribution >= 0.6 is 0 Å². The van der Waals surface area contributed by atoms with E-state index in [4.69, 9.17) is 0 Å². The molecule has 2 nitrogen and oxygen atoms in total. The summed E-state index contributed by atoms with van der Waals surface area (Å²) in [6.45, 7) is 7.62. The summed E-state index contributed by atoms with van der Waals surface area (Å²) in [5.41, 5.74) is 1.00. The fourth-order valence-corrected chi connectivity index (χ4v) is 2.29. The van der Waals surface area contributed by atoms with Gasteiger partial charge in [0.2, 0.25) is 0 Å². The molecule has 1 rings (SSSR count). The van der Waals surface area contributed by atoms with Crippen molar-refractivity contribution in [3.05, 3.63) is 35.9 Å². The van der Waals surface area contributed by atoms with Crippen molar-refractivity contribution in [3.63, 3.8) is 0 Å². The van der Waals surface area contributed by atoms with Gasteiger partial charge in [0, 0.05) is 12.6 Å². The van der Waals surface area contributed by atoms with E-state index in [1.54, 1.807) is 0 Å². The third-order valence-electron chi connectivity index (χ3n) is 3.99. The van der Waals surface area contributed by atoms with Gasteiger partial charge < -0.3 is 10.0 Å². The number of likely N-dealkylation sites (N-methyl/N-ethyl adjacent to an activating group) is 1. The first-order valence-corrected chi connectivity index (χ1v) is 7.03. The van der Waals surface area contributed by atoms with Gasteiger partial charge >= 0.3 is 0 Å². The number of aliphatic hydroxyl groups is 1. The number of benzene rings is 1. The van der Waals surface area contributed by atoms with Crippen LogP contribution in [0.1, 0.15) is 45.3 Å². The molecule has 0 spiro atoms. The minimum absolute atomic E-state index is 0.146. The molecule has 0 aliphatic rings. The predicted molar refractivity (Wildman–Crippen MR) is 77.6 cm³/mol. The van der Waals surface area contributed by atoms with Crippen LogP contribution < -0.4 is 0 Å². The number of nitrogens with zero attached hydrogens (tertiary/aromatic N) is 1. The van der Waals surface area contributed by atoms with Crippen LogP contribution in [-0.2, 0) is 0 Å². The molecule has 0 heterocycles. The molecule has 2 heteroatoms. The molecular weight excluding hydrogens is 222 g/mol. The summed E-state index contributed by atoms with van der Waals surface area (Å²) in [6, 6.07) is 10.1. The summed E-state index contributed by atoms with van der Waals surface area (Å²) < 4.78 is 0. The quantitative estimate of drug-likeness (QED) is 0.799. The number of hydrogen-bond acceptors (Lipinski definition) is 2. The molecule has 0 aliphatic heterocycles. The van der Waals surface area contributed by atoms with Crippen LogP contribution in [0.3, 0.4) is 0 Å². The Labute approximate surface area is 112 Å². The second kappa shape index (κ2) is 7.55. The van der Waals surface area contributed by atoms with Crippen LogP contribution in [0, 0.1) is 5.92 Å². The van der Waals surface area contributed by atoms with Gasteiger partial charge in [-0.05, 0) is 25.5 Å². The first kappa shape index (κ1) is 15.2. The van der Waals surface area contributed by atoms with E-state index in [1.807, 2.05) is 30.3 Å². The monoisotopic (exact) mass is 249 g/mol. The van der Waals surface area contributed by atoms with Crippen LogP contribution in [-0.4, -0.2) is 29.6 Å². The van der Waals surface area contributed by atoms with Crippen molar-refractivity contribution in [2.75, 3.05) is 13.6 Å². The molecule has 1 N–H and O–H groups in total. The van der Waals surface area contributed by atoms with Crippen LogP contribution in [0.15, 0.2) is 30.3 Å². The van der Waals surface area contributed by atoms with E-state index < -0.39 is 6.10 Å². The van der Waals surface area contributed by atoms with Crippen LogP contribution in [0.5, 0.6) is 0 Å². The molecule has 0 fully saturated rings. The molecule has 0 aromatic heterocycles. The summed E-state index contributed by atoms with van der Waals surface area (Å²) in [5, 5.41) is 10.4. The van der Waals surface area contributed by atoms with Crippen molar-refractivity contribution in [2.24, 2.45) is 5.92 Å². The van der Waals surface area contributed by atoms with Gasteiger partial charge in [-0.1, -0.05) is 57.0 Å². The van der Waals surface area contributed by atoms with Gasteiger partial charge in [0.15, 0.2) is 0 Å². The topological polar surface area (TPSA) is 23.5 Å². The number of hydrogen-bond donors (Lipinski definition) is 1. The van der Waals surface area contributed by atoms with Gasteiger partial charge in [-0.3, -0.25) is 0 Å². The lowest BCUT2D eigenvalue weighted by Crippen LogP contribution is -2.37. The van der Waals surface area contributed by atoms with Gasteiger partial charge in [0.05, 0.1) is 6.10 Å². The average molecular weight is 249 g/mol. The van der Waals surface area contributed by atoms with Crippen LogP contribution in [0.25, 0.3) is 0 Å². The van der Waals surface area contributed by atoms with Crippen LogP contribution in [0.2, 0.25) is 0 Å². The Morgan fingerprint density at radius 3 is 2.17 bits per heavy atom. The van der Waals surface area contributed by atoms with Crippen molar-refractivity contribution in [2.45, 2.75) is 45.8 Å². The van der Waals surface area contributed by atoms with Crippen molar-refractivity contribution in [1.82, 2.24) is 4.90 Å². The molecule has 0 amide bonds. The smallest absolute Gasteiger partial charge is 0.0942 e. The summed E-state index contributed by atoms with van der Waals surface area (Å²) >= 11 is 0. The van der Waals surface area contributed by atoms with Gasteiger partial charge in [-0.2, -0.15) is 0 Å². The first-order chi connectivity index (χ1) is 8.60. The first-order valence-electron chi connectivity index (χ1n) is 7.03. The predicted octanol–water partition coefficient (Wildman–Crippen LogP) is 3.48. The highest BCUT2D eigenvalue weighted by atomic mass is 16.3. The number of rotatable bonds is 7. The minimum atomic E-state index is -0.412. The molecule has 1 aromatic carbocycles. The molecule has 0 unspecified atom stereocenters. The molecule has 18 heavy (non-hydrogen) atoms. The van der Waals surface area contributed by atoms with E-state index in [0.717, 1.165) is 18.0 Å². The SMILES string of the molecule is CCC(CC)CN(C)[C@@H](C)[C@@H](O)c1ccccc1. The highest BCUT2D eigenvalue weighted by Crippen LogP contribution is 2.21. The Bertz CT molecular complexity index is 321. The Morgan fingerprint density at radius 1 is 1.11 bits per heavy atom. The highest BCUT2D eigenvalue weighted by molar-refractivity contribution is 5.18. The average Bonchev–Trinajstić information content (AvgIpc) is 2.43. The summed E-state index contributed by atoms with van der Waals surface area (Å²) in [7, 11) is 2.11. The Hall–Kier alpha value is -0.860. The third-order valence-corrected chi connectivity index (χ3v) is 3.99. The molecule has 0 saturated heterocycles. The fraction of sp³-hybridized carbons (Fsp3) is 0.625. The maximum atomic E-state index is 10.4. The van der Waals surface area contributed by atoms with Crippen LogP contribution in [0.4, 0.5) is 0 Å². The molecular formula is C16H27NO. The van der Waals surface area contributed by atoms with E-state index in [2.05, 4.69) is 32.7 Å². The molecule has 0 saturated carbocycles. The molecule has 2 atom stereocenters. The van der Waals surface area contributed by atoms with Crippen molar-refractivity contribution in [3.8, 4) is 0 Å². The van der Waals surface area contributed by atoms with E-state index in [0.29, 0.717) is 0 Å². The maximum absolute atomic E-state index is 10.4. The van der Waals surface area contributed by atoms with E-state index in [-0.39, 0.29) is 6.04 Å². The third kappa shape index (κ3) is 4.11. The molecule has 1 aromatic rings. The van der Waals surface area contributed by atoms with Crippen molar-refractivity contribution < 1.29 is 5.11 Å². The Morgan fingerprint density at radius 2 is 1.67 bits per heavy atom. The summed E-state index contributed by atoms with van der Waals surface area (Å²) in [6.07, 6.45) is 2.00. The second-order valence-corrected chi connectivity index (χ2v) is 5.22. The minimum Gasteiger partial charge on any atom is -0.387 e.